The number of aryl methyl sites for hydroxylation is 1. The smallest absolute Gasteiger partial charge is 0.264 e. The van der Waals surface area contributed by atoms with Gasteiger partial charge in [0.2, 0.25) is 0 Å². The van der Waals surface area contributed by atoms with Gasteiger partial charge in [0.25, 0.3) is 10.0 Å². The lowest BCUT2D eigenvalue weighted by Gasteiger charge is -2.23. The second-order valence-corrected chi connectivity index (χ2v) is 6.83. The maximum absolute atomic E-state index is 13.0. The van der Waals surface area contributed by atoms with Crippen molar-refractivity contribution in [3.8, 4) is 0 Å². The Bertz CT molecular complexity index is 745. The molecule has 6 heteroatoms. The van der Waals surface area contributed by atoms with Crippen LogP contribution in [0.1, 0.15) is 12.5 Å². The van der Waals surface area contributed by atoms with Crippen LogP contribution in [0.2, 0.25) is 5.02 Å². The molecule has 0 atom stereocenters. The van der Waals surface area contributed by atoms with Crippen molar-refractivity contribution in [1.82, 2.24) is 0 Å². The van der Waals surface area contributed by atoms with Crippen LogP contribution in [0.5, 0.6) is 0 Å². The second kappa shape index (κ2) is 6.03. The first-order valence-electron chi connectivity index (χ1n) is 6.40. The molecular formula is C15H15ClFNO2S. The van der Waals surface area contributed by atoms with Gasteiger partial charge in [-0.2, -0.15) is 0 Å². The summed E-state index contributed by atoms with van der Waals surface area (Å²) >= 11 is 6.06. The summed E-state index contributed by atoms with van der Waals surface area (Å²) in [6.45, 7) is 3.82. The number of nitrogens with zero attached hydrogens (tertiary/aromatic N) is 1. The highest BCUT2D eigenvalue weighted by Crippen LogP contribution is 2.27. The van der Waals surface area contributed by atoms with Crippen molar-refractivity contribution in [3.05, 3.63) is 58.9 Å². The van der Waals surface area contributed by atoms with E-state index < -0.39 is 15.8 Å². The number of rotatable bonds is 4. The molecule has 0 aliphatic carbocycles. The van der Waals surface area contributed by atoms with Crippen LogP contribution >= 0.6 is 11.6 Å². The molecule has 2 rings (SSSR count). The Balaban J connectivity index is 2.48. The van der Waals surface area contributed by atoms with Crippen LogP contribution in [0.3, 0.4) is 0 Å². The van der Waals surface area contributed by atoms with Crippen molar-refractivity contribution in [3.63, 3.8) is 0 Å². The van der Waals surface area contributed by atoms with Gasteiger partial charge in [0.05, 0.1) is 10.6 Å². The minimum Gasteiger partial charge on any atom is -0.267 e. The molecule has 3 nitrogen and oxygen atoms in total. The van der Waals surface area contributed by atoms with Gasteiger partial charge in [0.15, 0.2) is 0 Å². The van der Waals surface area contributed by atoms with E-state index in [1.807, 2.05) is 6.92 Å². The highest BCUT2D eigenvalue weighted by Gasteiger charge is 2.23. The molecule has 2 aromatic rings. The highest BCUT2D eigenvalue weighted by atomic mass is 35.5. The van der Waals surface area contributed by atoms with E-state index >= 15 is 0 Å². The lowest BCUT2D eigenvalue weighted by Crippen LogP contribution is -2.30. The van der Waals surface area contributed by atoms with Gasteiger partial charge in [-0.1, -0.05) is 17.7 Å². The molecule has 0 unspecified atom stereocenters. The molecule has 0 spiro atoms. The Morgan fingerprint density at radius 2 is 1.76 bits per heavy atom. The van der Waals surface area contributed by atoms with E-state index in [1.54, 1.807) is 25.1 Å². The molecule has 21 heavy (non-hydrogen) atoms. The fraction of sp³-hybridized carbons (Fsp3) is 0.200. The van der Waals surface area contributed by atoms with Crippen LogP contribution in [0.25, 0.3) is 0 Å². The third-order valence-electron chi connectivity index (χ3n) is 3.13. The summed E-state index contributed by atoms with van der Waals surface area (Å²) in [5.74, 6) is -0.477. The minimum atomic E-state index is -3.74. The molecule has 112 valence electrons. The largest absolute Gasteiger partial charge is 0.267 e. The molecule has 0 saturated heterocycles. The summed E-state index contributed by atoms with van der Waals surface area (Å²) in [7, 11) is -3.74. The highest BCUT2D eigenvalue weighted by molar-refractivity contribution is 7.92. The van der Waals surface area contributed by atoms with Crippen LogP contribution in [0.4, 0.5) is 10.1 Å². The summed E-state index contributed by atoms with van der Waals surface area (Å²) in [6.07, 6.45) is 0. The van der Waals surface area contributed by atoms with E-state index in [4.69, 9.17) is 11.6 Å². The van der Waals surface area contributed by atoms with Gasteiger partial charge in [-0.25, -0.2) is 12.8 Å². The Morgan fingerprint density at radius 3 is 2.29 bits per heavy atom. The fourth-order valence-corrected chi connectivity index (χ4v) is 3.60. The van der Waals surface area contributed by atoms with Crippen molar-refractivity contribution in [1.29, 1.82) is 0 Å². The molecule has 0 saturated carbocycles. The zero-order valence-corrected chi connectivity index (χ0v) is 13.2. The predicted octanol–water partition coefficient (Wildman–Crippen LogP) is 4.00. The molecule has 0 bridgehead atoms. The molecule has 2 aromatic carbocycles. The number of benzene rings is 2. The predicted molar refractivity (Wildman–Crippen MR) is 82.8 cm³/mol. The molecule has 0 N–H and O–H groups in total. The van der Waals surface area contributed by atoms with Crippen LogP contribution in [0, 0.1) is 12.7 Å². The number of hydrogen-bond donors (Lipinski definition) is 0. The Hall–Kier alpha value is -1.59. The Morgan fingerprint density at radius 1 is 1.14 bits per heavy atom. The van der Waals surface area contributed by atoms with Crippen molar-refractivity contribution in [2.75, 3.05) is 10.8 Å². The van der Waals surface area contributed by atoms with Gasteiger partial charge in [0.1, 0.15) is 5.82 Å². The molecule has 0 radical (unpaired) electrons. The first kappa shape index (κ1) is 15.8. The average Bonchev–Trinajstić information content (AvgIpc) is 2.44. The van der Waals surface area contributed by atoms with Gasteiger partial charge in [-0.05, 0) is 55.8 Å². The Kier molecular flexibility index (Phi) is 4.54. The van der Waals surface area contributed by atoms with E-state index in [1.165, 1.54) is 16.4 Å². The lowest BCUT2D eigenvalue weighted by atomic mass is 10.2. The monoisotopic (exact) mass is 327 g/mol. The van der Waals surface area contributed by atoms with E-state index in [0.717, 1.165) is 17.7 Å². The number of hydrogen-bond acceptors (Lipinski definition) is 2. The molecule has 0 fully saturated rings. The zero-order valence-electron chi connectivity index (χ0n) is 11.7. The van der Waals surface area contributed by atoms with Crippen molar-refractivity contribution < 1.29 is 12.8 Å². The molecule has 0 aliphatic rings. The van der Waals surface area contributed by atoms with E-state index in [0.29, 0.717) is 10.7 Å². The van der Waals surface area contributed by atoms with Crippen molar-refractivity contribution >= 4 is 27.3 Å². The molecular weight excluding hydrogens is 313 g/mol. The number of anilines is 1. The summed E-state index contributed by atoms with van der Waals surface area (Å²) in [4.78, 5) is 0.0439. The van der Waals surface area contributed by atoms with Gasteiger partial charge < -0.3 is 0 Å². The Labute approximate surface area is 129 Å². The summed E-state index contributed by atoms with van der Waals surface area (Å²) in [5, 5.41) is 0.500. The van der Waals surface area contributed by atoms with Gasteiger partial charge in [-0.3, -0.25) is 4.31 Å². The SMILES string of the molecule is CCN(c1ccc(C)c(Cl)c1)S(=O)(=O)c1ccc(F)cc1. The normalized spacial score (nSPS) is 11.4. The van der Waals surface area contributed by atoms with Gasteiger partial charge in [0, 0.05) is 11.6 Å². The standard InChI is InChI=1S/C15H15ClFNO2S/c1-3-18(13-7-4-11(2)15(16)10-13)21(19,20)14-8-5-12(17)6-9-14/h4-10H,3H2,1-2H3. The first-order valence-corrected chi connectivity index (χ1v) is 8.22. The molecule has 0 aromatic heterocycles. The maximum atomic E-state index is 13.0. The summed E-state index contributed by atoms with van der Waals surface area (Å²) in [6, 6.07) is 9.84. The summed E-state index contributed by atoms with van der Waals surface area (Å²) < 4.78 is 39.5. The quantitative estimate of drug-likeness (QED) is 0.851. The maximum Gasteiger partial charge on any atom is 0.264 e. The van der Waals surface area contributed by atoms with Crippen LogP contribution < -0.4 is 4.31 Å². The number of halogens is 2. The molecule has 0 aliphatic heterocycles. The van der Waals surface area contributed by atoms with Gasteiger partial charge in [-0.15, -0.1) is 0 Å². The minimum absolute atomic E-state index is 0.0439. The van der Waals surface area contributed by atoms with Crippen molar-refractivity contribution in [2.45, 2.75) is 18.7 Å². The zero-order chi connectivity index (χ0) is 15.6. The van der Waals surface area contributed by atoms with E-state index in [9.17, 15) is 12.8 Å². The molecule has 0 amide bonds. The van der Waals surface area contributed by atoms with Crippen LogP contribution in [-0.4, -0.2) is 15.0 Å². The van der Waals surface area contributed by atoms with Crippen molar-refractivity contribution in [2.24, 2.45) is 0 Å². The third-order valence-corrected chi connectivity index (χ3v) is 5.46. The average molecular weight is 328 g/mol. The third kappa shape index (κ3) is 3.19. The molecule has 0 heterocycles. The number of sulfonamides is 1. The first-order chi connectivity index (χ1) is 9.86. The van der Waals surface area contributed by atoms with E-state index in [2.05, 4.69) is 0 Å². The van der Waals surface area contributed by atoms with E-state index in [-0.39, 0.29) is 11.4 Å². The van der Waals surface area contributed by atoms with Crippen LogP contribution in [-0.2, 0) is 10.0 Å². The van der Waals surface area contributed by atoms with Gasteiger partial charge >= 0.3 is 0 Å². The van der Waals surface area contributed by atoms with Crippen LogP contribution in [0.15, 0.2) is 47.4 Å². The lowest BCUT2D eigenvalue weighted by molar-refractivity contribution is 0.590. The fourth-order valence-electron chi connectivity index (χ4n) is 1.96. The topological polar surface area (TPSA) is 37.4 Å². The summed E-state index contributed by atoms with van der Waals surface area (Å²) in [5.41, 5.74) is 1.35. The second-order valence-electron chi connectivity index (χ2n) is 4.56.